The zero-order valence-electron chi connectivity index (χ0n) is 10.2. The van der Waals surface area contributed by atoms with Crippen molar-refractivity contribution in [2.75, 3.05) is 0 Å². The molecule has 0 aliphatic rings. The molecule has 0 aliphatic heterocycles. The Labute approximate surface area is 131 Å². The van der Waals surface area contributed by atoms with E-state index in [0.29, 0.717) is 21.5 Å². The Bertz CT molecular complexity index is 734. The molecule has 0 spiro atoms. The number of carboxylic acid groups (broad SMARTS) is 1. The fourth-order valence-corrected chi connectivity index (χ4v) is 2.08. The van der Waals surface area contributed by atoms with E-state index in [4.69, 9.17) is 9.84 Å². The van der Waals surface area contributed by atoms with Crippen molar-refractivity contribution in [2.45, 2.75) is 0 Å². The van der Waals surface area contributed by atoms with Crippen LogP contribution in [-0.4, -0.2) is 16.0 Å². The molecule has 108 valence electrons. The number of para-hydroxylation sites is 1. The van der Waals surface area contributed by atoms with Gasteiger partial charge in [0.15, 0.2) is 0 Å². The predicted molar refractivity (Wildman–Crippen MR) is 79.2 cm³/mol. The Morgan fingerprint density at radius 2 is 1.95 bits per heavy atom. The molecule has 0 aliphatic carbocycles. The van der Waals surface area contributed by atoms with Gasteiger partial charge in [-0.15, -0.1) is 0 Å². The van der Waals surface area contributed by atoms with E-state index in [9.17, 15) is 19.3 Å². The van der Waals surface area contributed by atoms with Gasteiger partial charge in [0.1, 0.15) is 17.1 Å². The maximum absolute atomic E-state index is 13.7. The number of nitrogens with zero attached hydrogens (tertiary/aromatic N) is 1. The highest BCUT2D eigenvalue weighted by molar-refractivity contribution is 14.1. The predicted octanol–water partition coefficient (Wildman–Crippen LogP) is 3.83. The summed E-state index contributed by atoms with van der Waals surface area (Å²) in [5, 5.41) is 19.8. The molecule has 0 atom stereocenters. The topological polar surface area (TPSA) is 89.7 Å². The third-order valence-corrected chi connectivity index (χ3v) is 3.42. The van der Waals surface area contributed by atoms with Crippen LogP contribution in [0.5, 0.6) is 11.5 Å². The highest BCUT2D eigenvalue weighted by atomic mass is 127. The molecule has 6 nitrogen and oxygen atoms in total. The Hall–Kier alpha value is -2.23. The van der Waals surface area contributed by atoms with E-state index in [1.54, 1.807) is 24.3 Å². The second-order valence-corrected chi connectivity index (χ2v) is 5.06. The van der Waals surface area contributed by atoms with Crippen molar-refractivity contribution in [3.05, 3.63) is 61.5 Å². The number of carbonyl (C=O) groups is 1. The minimum atomic E-state index is -1.59. The van der Waals surface area contributed by atoms with Crippen molar-refractivity contribution in [3.8, 4) is 11.5 Å². The second kappa shape index (κ2) is 6.04. The molecule has 0 bridgehead atoms. The van der Waals surface area contributed by atoms with Crippen molar-refractivity contribution in [1.82, 2.24) is 0 Å². The van der Waals surface area contributed by atoms with Crippen molar-refractivity contribution >= 4 is 34.2 Å². The number of hydrogen-bond acceptors (Lipinski definition) is 4. The molecule has 0 fully saturated rings. The van der Waals surface area contributed by atoms with Gasteiger partial charge in [-0.3, -0.25) is 10.1 Å². The zero-order chi connectivity index (χ0) is 15.6. The third-order valence-electron chi connectivity index (χ3n) is 2.53. The van der Waals surface area contributed by atoms with Gasteiger partial charge in [0.05, 0.1) is 8.49 Å². The third kappa shape index (κ3) is 3.27. The van der Waals surface area contributed by atoms with Gasteiger partial charge >= 0.3 is 11.7 Å². The fourth-order valence-electron chi connectivity index (χ4n) is 1.58. The summed E-state index contributed by atoms with van der Waals surface area (Å²) in [6.07, 6.45) is 0. The van der Waals surface area contributed by atoms with E-state index in [2.05, 4.69) is 0 Å². The molecule has 0 saturated carbocycles. The molecule has 0 aromatic heterocycles. The number of aromatic carboxylic acids is 1. The lowest BCUT2D eigenvalue weighted by atomic mass is 10.1. The van der Waals surface area contributed by atoms with E-state index in [0.717, 1.165) is 0 Å². The van der Waals surface area contributed by atoms with Crippen LogP contribution in [0, 0.1) is 19.5 Å². The molecule has 0 saturated heterocycles. The summed E-state index contributed by atoms with van der Waals surface area (Å²) in [5.41, 5.74) is -1.40. The Morgan fingerprint density at radius 1 is 1.29 bits per heavy atom. The lowest BCUT2D eigenvalue weighted by Crippen LogP contribution is -2.04. The zero-order valence-corrected chi connectivity index (χ0v) is 12.4. The summed E-state index contributed by atoms with van der Waals surface area (Å²) >= 11 is 1.96. The molecule has 21 heavy (non-hydrogen) atoms. The van der Waals surface area contributed by atoms with Crippen LogP contribution in [0.4, 0.5) is 10.1 Å². The summed E-state index contributed by atoms with van der Waals surface area (Å²) < 4.78 is 19.7. The maximum atomic E-state index is 13.7. The standard InChI is InChI=1S/C13H7FINO5/c14-8-6-12(21-11-4-2-1-3-9(11)15)10(16(19)20)5-7(8)13(17)18/h1-6H,(H,17,18). The van der Waals surface area contributed by atoms with Crippen molar-refractivity contribution < 1.29 is 24.0 Å². The Kier molecular flexibility index (Phi) is 4.36. The van der Waals surface area contributed by atoms with Gasteiger partial charge in [0.2, 0.25) is 5.75 Å². The largest absolute Gasteiger partial charge is 0.478 e. The van der Waals surface area contributed by atoms with Crippen molar-refractivity contribution in [2.24, 2.45) is 0 Å². The van der Waals surface area contributed by atoms with Crippen LogP contribution in [-0.2, 0) is 0 Å². The molecule has 2 aromatic rings. The smallest absolute Gasteiger partial charge is 0.338 e. The summed E-state index contributed by atoms with van der Waals surface area (Å²) in [4.78, 5) is 21.0. The number of hydrogen-bond donors (Lipinski definition) is 1. The van der Waals surface area contributed by atoms with E-state index < -0.39 is 28.0 Å². The highest BCUT2D eigenvalue weighted by Crippen LogP contribution is 2.35. The first kappa shape index (κ1) is 15.2. The molecule has 2 rings (SSSR count). The van der Waals surface area contributed by atoms with Crippen LogP contribution in [0.1, 0.15) is 10.4 Å². The quantitative estimate of drug-likeness (QED) is 0.476. The Morgan fingerprint density at radius 3 is 2.52 bits per heavy atom. The van der Waals surface area contributed by atoms with Gasteiger partial charge in [-0.05, 0) is 34.7 Å². The van der Waals surface area contributed by atoms with Crippen LogP contribution in [0.25, 0.3) is 0 Å². The van der Waals surface area contributed by atoms with Crippen molar-refractivity contribution in [3.63, 3.8) is 0 Å². The number of halogens is 2. The number of nitro benzene ring substituents is 1. The number of ether oxygens (including phenoxy) is 1. The first-order chi connectivity index (χ1) is 9.90. The summed E-state index contributed by atoms with van der Waals surface area (Å²) in [6, 6.07) is 8.02. The van der Waals surface area contributed by atoms with Crippen molar-refractivity contribution in [1.29, 1.82) is 0 Å². The number of rotatable bonds is 4. The average Bonchev–Trinajstić information content (AvgIpc) is 2.40. The van der Waals surface area contributed by atoms with Crippen LogP contribution < -0.4 is 4.74 Å². The number of benzene rings is 2. The normalized spacial score (nSPS) is 10.2. The minimum absolute atomic E-state index is 0.309. The van der Waals surface area contributed by atoms with E-state index >= 15 is 0 Å². The highest BCUT2D eigenvalue weighted by Gasteiger charge is 2.23. The Balaban J connectivity index is 2.53. The van der Waals surface area contributed by atoms with Crippen LogP contribution in [0.15, 0.2) is 36.4 Å². The molecule has 0 amide bonds. The van der Waals surface area contributed by atoms with Gasteiger partial charge in [0.25, 0.3) is 0 Å². The molecule has 0 radical (unpaired) electrons. The second-order valence-electron chi connectivity index (χ2n) is 3.89. The van der Waals surface area contributed by atoms with Gasteiger partial charge in [-0.1, -0.05) is 12.1 Å². The maximum Gasteiger partial charge on any atom is 0.338 e. The van der Waals surface area contributed by atoms with Crippen LogP contribution in [0.3, 0.4) is 0 Å². The van der Waals surface area contributed by atoms with Gasteiger partial charge in [-0.25, -0.2) is 9.18 Å². The lowest BCUT2D eigenvalue weighted by Gasteiger charge is -2.09. The molecular formula is C13H7FINO5. The monoisotopic (exact) mass is 403 g/mol. The molecule has 0 unspecified atom stereocenters. The summed E-state index contributed by atoms with van der Waals surface area (Å²) in [6.45, 7) is 0. The SMILES string of the molecule is O=C(O)c1cc([N+](=O)[O-])c(Oc2ccccc2I)cc1F. The summed E-state index contributed by atoms with van der Waals surface area (Å²) in [7, 11) is 0. The number of nitro groups is 1. The van der Waals surface area contributed by atoms with Gasteiger partial charge in [0, 0.05) is 12.1 Å². The van der Waals surface area contributed by atoms with Crippen LogP contribution in [0.2, 0.25) is 0 Å². The first-order valence-corrected chi connectivity index (χ1v) is 6.61. The molecular weight excluding hydrogens is 396 g/mol. The molecule has 8 heteroatoms. The van der Waals surface area contributed by atoms with Crippen LogP contribution >= 0.6 is 22.6 Å². The molecule has 2 aromatic carbocycles. The fraction of sp³-hybridized carbons (Fsp3) is 0. The lowest BCUT2D eigenvalue weighted by molar-refractivity contribution is -0.385. The first-order valence-electron chi connectivity index (χ1n) is 5.53. The average molecular weight is 403 g/mol. The summed E-state index contributed by atoms with van der Waals surface area (Å²) in [5.74, 6) is -2.74. The molecule has 1 N–H and O–H groups in total. The van der Waals surface area contributed by atoms with E-state index in [1.807, 2.05) is 22.6 Å². The van der Waals surface area contributed by atoms with E-state index in [1.165, 1.54) is 0 Å². The van der Waals surface area contributed by atoms with Gasteiger partial charge < -0.3 is 9.84 Å². The number of carboxylic acids is 1. The minimum Gasteiger partial charge on any atom is -0.478 e. The van der Waals surface area contributed by atoms with E-state index in [-0.39, 0.29) is 5.75 Å². The van der Waals surface area contributed by atoms with Gasteiger partial charge in [-0.2, -0.15) is 0 Å². The molecule has 0 heterocycles.